The van der Waals surface area contributed by atoms with Gasteiger partial charge in [-0.1, -0.05) is 28.7 Å². The molecule has 1 amide bonds. The zero-order valence-corrected chi connectivity index (χ0v) is 22.4. The van der Waals surface area contributed by atoms with Crippen molar-refractivity contribution in [3.8, 4) is 16.9 Å². The van der Waals surface area contributed by atoms with Gasteiger partial charge in [-0.25, -0.2) is 13.9 Å². The molecule has 1 saturated heterocycles. The first-order valence-electron chi connectivity index (χ1n) is 12.5. The molecule has 5 N–H and O–H groups in total. The Morgan fingerprint density at radius 1 is 1.08 bits per heavy atom. The van der Waals surface area contributed by atoms with Crippen LogP contribution in [-0.4, -0.2) is 101 Å². The molecule has 2 aromatic carbocycles. The van der Waals surface area contributed by atoms with E-state index < -0.39 is 22.0 Å². The van der Waals surface area contributed by atoms with Crippen molar-refractivity contribution >= 4 is 15.9 Å². The van der Waals surface area contributed by atoms with Crippen LogP contribution in [0.15, 0.2) is 53.4 Å². The highest BCUT2D eigenvalue weighted by molar-refractivity contribution is 7.89. The molecule has 210 valence electrons. The summed E-state index contributed by atoms with van der Waals surface area (Å²) in [5.74, 6) is -0.241. The number of sulfonamides is 1. The maximum atomic E-state index is 13.6. The number of hydrogen-bond donors (Lipinski definition) is 4. The number of piperazine rings is 1. The van der Waals surface area contributed by atoms with Gasteiger partial charge in [0, 0.05) is 32.7 Å². The van der Waals surface area contributed by atoms with Crippen LogP contribution in [-0.2, 0) is 24.4 Å². The Bertz CT molecular complexity index is 1090. The summed E-state index contributed by atoms with van der Waals surface area (Å²) in [5.41, 5.74) is 8.81. The standard InChI is InChI=1S/C25H37N5O7S/c1-35-22-6-2-20(3-7-22)21-4-8-23(9-5-21)38(33,34)30(24(10-11-26)25(31)28-32)37-19-18-36-17-16-29-14-12-27-13-15-29/h2-9,24,27,32H,10-19,26H2,1H3,(H,28,31)/t24-/m1/s1. The number of amides is 1. The molecule has 1 heterocycles. The summed E-state index contributed by atoms with van der Waals surface area (Å²) in [6.07, 6.45) is -0.0700. The second-order valence-corrected chi connectivity index (χ2v) is 10.4. The Hall–Kier alpha value is -2.62. The van der Waals surface area contributed by atoms with Gasteiger partial charge in [-0.2, -0.15) is 0 Å². The van der Waals surface area contributed by atoms with Gasteiger partial charge < -0.3 is 20.5 Å². The molecule has 1 fully saturated rings. The first-order chi connectivity index (χ1) is 18.4. The molecule has 12 nitrogen and oxygen atoms in total. The smallest absolute Gasteiger partial charge is 0.265 e. The molecule has 0 aliphatic carbocycles. The van der Waals surface area contributed by atoms with Crippen molar-refractivity contribution < 1.29 is 32.7 Å². The first kappa shape index (κ1) is 29.9. The van der Waals surface area contributed by atoms with E-state index in [0.717, 1.165) is 43.9 Å². The average molecular weight is 552 g/mol. The second kappa shape index (κ2) is 15.1. The minimum Gasteiger partial charge on any atom is -0.497 e. The molecule has 1 atom stereocenters. The lowest BCUT2D eigenvalue weighted by molar-refractivity contribution is -0.159. The quantitative estimate of drug-likeness (QED) is 0.139. The number of methoxy groups -OCH3 is 1. The van der Waals surface area contributed by atoms with Crippen LogP contribution in [0.4, 0.5) is 0 Å². The molecule has 1 aliphatic rings. The fourth-order valence-corrected chi connectivity index (χ4v) is 5.45. The third kappa shape index (κ3) is 8.19. The molecular weight excluding hydrogens is 514 g/mol. The van der Waals surface area contributed by atoms with Crippen LogP contribution in [0.25, 0.3) is 11.1 Å². The van der Waals surface area contributed by atoms with Gasteiger partial charge >= 0.3 is 0 Å². The van der Waals surface area contributed by atoms with Gasteiger partial charge in [0.05, 0.1) is 31.8 Å². The Morgan fingerprint density at radius 3 is 2.29 bits per heavy atom. The number of nitrogens with two attached hydrogens (primary N) is 1. The summed E-state index contributed by atoms with van der Waals surface area (Å²) in [6, 6.07) is 12.2. The second-order valence-electron chi connectivity index (χ2n) is 8.62. The van der Waals surface area contributed by atoms with Crippen molar-refractivity contribution in [1.29, 1.82) is 0 Å². The zero-order chi connectivity index (χ0) is 27.4. The van der Waals surface area contributed by atoms with Gasteiger partial charge in [-0.3, -0.25) is 19.7 Å². The van der Waals surface area contributed by atoms with Crippen LogP contribution < -0.4 is 21.3 Å². The molecule has 1 aliphatic heterocycles. The molecule has 0 spiro atoms. The maximum absolute atomic E-state index is 13.6. The molecule has 0 aromatic heterocycles. The van der Waals surface area contributed by atoms with E-state index in [-0.39, 0.29) is 31.1 Å². The Labute approximate surface area is 223 Å². The first-order valence-corrected chi connectivity index (χ1v) is 13.9. The zero-order valence-electron chi connectivity index (χ0n) is 21.5. The molecule has 0 saturated carbocycles. The normalized spacial score (nSPS) is 15.4. The lowest BCUT2D eigenvalue weighted by Crippen LogP contribution is -2.50. The van der Waals surface area contributed by atoms with E-state index in [2.05, 4.69) is 10.2 Å². The summed E-state index contributed by atoms with van der Waals surface area (Å²) in [7, 11) is -2.72. The minimum absolute atomic E-state index is 0.00886. The number of benzene rings is 2. The third-order valence-corrected chi connectivity index (χ3v) is 7.83. The van der Waals surface area contributed by atoms with Crippen molar-refractivity contribution in [2.75, 3.05) is 66.2 Å². The number of hydroxylamine groups is 2. The number of nitrogens with one attached hydrogen (secondary N) is 2. The molecule has 2 aromatic rings. The molecule has 3 rings (SSSR count). The van der Waals surface area contributed by atoms with E-state index in [0.29, 0.717) is 16.8 Å². The van der Waals surface area contributed by atoms with E-state index in [4.69, 9.17) is 20.0 Å². The molecule has 13 heteroatoms. The molecule has 0 bridgehead atoms. The van der Waals surface area contributed by atoms with Crippen molar-refractivity contribution in [3.05, 3.63) is 48.5 Å². The van der Waals surface area contributed by atoms with Gasteiger partial charge in [-0.05, 0) is 48.4 Å². The largest absolute Gasteiger partial charge is 0.497 e. The van der Waals surface area contributed by atoms with Crippen LogP contribution in [0.3, 0.4) is 0 Å². The van der Waals surface area contributed by atoms with Gasteiger partial charge in [0.25, 0.3) is 15.9 Å². The number of hydrogen-bond acceptors (Lipinski definition) is 10. The molecule has 0 radical (unpaired) electrons. The minimum atomic E-state index is -4.30. The number of ether oxygens (including phenoxy) is 2. The summed E-state index contributed by atoms with van der Waals surface area (Å²) >= 11 is 0. The Morgan fingerprint density at radius 2 is 1.71 bits per heavy atom. The summed E-state index contributed by atoms with van der Waals surface area (Å²) in [5, 5.41) is 12.5. The number of nitrogens with zero attached hydrogens (tertiary/aromatic N) is 2. The number of rotatable bonds is 15. The Balaban J connectivity index is 1.70. The summed E-state index contributed by atoms with van der Waals surface area (Å²) in [4.78, 5) is 20.1. The van der Waals surface area contributed by atoms with Crippen LogP contribution >= 0.6 is 0 Å². The Kier molecular flexibility index (Phi) is 11.9. The van der Waals surface area contributed by atoms with Crippen LogP contribution in [0.2, 0.25) is 0 Å². The number of carbonyl (C=O) groups excluding carboxylic acids is 1. The lowest BCUT2D eigenvalue weighted by atomic mass is 10.1. The predicted octanol–water partition coefficient (Wildman–Crippen LogP) is 0.429. The molecular formula is C25H37N5O7S. The topological polar surface area (TPSA) is 156 Å². The van der Waals surface area contributed by atoms with Gasteiger partial charge in [0.15, 0.2) is 0 Å². The van der Waals surface area contributed by atoms with E-state index in [9.17, 15) is 18.4 Å². The van der Waals surface area contributed by atoms with Gasteiger partial charge in [-0.15, -0.1) is 0 Å². The summed E-state index contributed by atoms with van der Waals surface area (Å²) < 4.78 is 38.5. The SMILES string of the molecule is COc1ccc(-c2ccc(S(=O)(=O)N(OCCOCCN3CCNCC3)[C@H](CCN)C(=O)NO)cc2)cc1. The van der Waals surface area contributed by atoms with E-state index in [1.54, 1.807) is 19.2 Å². The monoisotopic (exact) mass is 551 g/mol. The lowest BCUT2D eigenvalue weighted by Gasteiger charge is -2.28. The van der Waals surface area contributed by atoms with Crippen LogP contribution in [0, 0.1) is 0 Å². The van der Waals surface area contributed by atoms with Gasteiger partial charge in [0.2, 0.25) is 0 Å². The van der Waals surface area contributed by atoms with E-state index >= 15 is 0 Å². The highest BCUT2D eigenvalue weighted by atomic mass is 32.2. The number of carbonyl (C=O) groups is 1. The van der Waals surface area contributed by atoms with Crippen LogP contribution in [0.1, 0.15) is 6.42 Å². The van der Waals surface area contributed by atoms with Crippen molar-refractivity contribution in [2.24, 2.45) is 5.73 Å². The van der Waals surface area contributed by atoms with Crippen molar-refractivity contribution in [1.82, 2.24) is 20.2 Å². The van der Waals surface area contributed by atoms with Crippen molar-refractivity contribution in [2.45, 2.75) is 17.4 Å². The summed E-state index contributed by atoms with van der Waals surface area (Å²) in [6.45, 7) is 4.97. The predicted molar refractivity (Wildman–Crippen MR) is 141 cm³/mol. The van der Waals surface area contributed by atoms with Gasteiger partial charge in [0.1, 0.15) is 11.8 Å². The fourth-order valence-electron chi connectivity index (χ4n) is 4.01. The van der Waals surface area contributed by atoms with Crippen LogP contribution in [0.5, 0.6) is 5.75 Å². The highest BCUT2D eigenvalue weighted by Crippen LogP contribution is 2.26. The van der Waals surface area contributed by atoms with E-state index in [1.807, 2.05) is 24.3 Å². The molecule has 38 heavy (non-hydrogen) atoms. The fraction of sp³-hybridized carbons (Fsp3) is 0.480. The van der Waals surface area contributed by atoms with E-state index in [1.165, 1.54) is 17.6 Å². The average Bonchev–Trinajstić information content (AvgIpc) is 2.96. The van der Waals surface area contributed by atoms with Crippen molar-refractivity contribution in [3.63, 3.8) is 0 Å². The maximum Gasteiger partial charge on any atom is 0.265 e. The third-order valence-electron chi connectivity index (χ3n) is 6.13. The highest BCUT2D eigenvalue weighted by Gasteiger charge is 2.37. The molecule has 0 unspecified atom stereocenters.